The van der Waals surface area contributed by atoms with Crippen LogP contribution in [-0.2, 0) is 11.3 Å². The monoisotopic (exact) mass is 403 g/mol. The minimum Gasteiger partial charge on any atom is -0.444 e. The molecule has 0 radical (unpaired) electrons. The van der Waals surface area contributed by atoms with E-state index in [4.69, 9.17) is 4.74 Å². The first kappa shape index (κ1) is 21.7. The standard InChI is InChI=1S/C20H29N5O2S/c1-14-16(28-17(25-14)15-9-7-6-8-10-15)13-24-18(21-5)22-11-12-23-19(26)27-20(2,3)4/h6-10H,11-13H2,1-5H3,(H,23,26)(H2,21,22,24). The van der Waals surface area contributed by atoms with Crippen LogP contribution in [0.5, 0.6) is 0 Å². The first-order valence-corrected chi connectivity index (χ1v) is 10.0. The highest BCUT2D eigenvalue weighted by atomic mass is 32.1. The van der Waals surface area contributed by atoms with Crippen molar-refractivity contribution in [3.8, 4) is 10.6 Å². The Morgan fingerprint density at radius 2 is 1.82 bits per heavy atom. The van der Waals surface area contributed by atoms with E-state index in [0.717, 1.165) is 21.1 Å². The van der Waals surface area contributed by atoms with Crippen LogP contribution in [0.4, 0.5) is 4.79 Å². The number of ether oxygens (including phenoxy) is 1. The quantitative estimate of drug-likeness (QED) is 0.391. The summed E-state index contributed by atoms with van der Waals surface area (Å²) in [5.74, 6) is 0.667. The van der Waals surface area contributed by atoms with Crippen LogP contribution in [0.1, 0.15) is 31.3 Å². The SMILES string of the molecule is CN=C(NCCNC(=O)OC(C)(C)C)NCc1sc(-c2ccccc2)nc1C. The second-order valence-electron chi connectivity index (χ2n) is 7.17. The molecule has 28 heavy (non-hydrogen) atoms. The van der Waals surface area contributed by atoms with Gasteiger partial charge in [-0.3, -0.25) is 4.99 Å². The van der Waals surface area contributed by atoms with Gasteiger partial charge < -0.3 is 20.7 Å². The summed E-state index contributed by atoms with van der Waals surface area (Å²) in [6, 6.07) is 10.2. The molecule has 0 atom stereocenters. The summed E-state index contributed by atoms with van der Waals surface area (Å²) in [6.45, 7) is 9.13. The number of thiazole rings is 1. The molecule has 0 saturated carbocycles. The molecule has 0 aliphatic carbocycles. The fourth-order valence-electron chi connectivity index (χ4n) is 2.34. The topological polar surface area (TPSA) is 87.6 Å². The van der Waals surface area contributed by atoms with Crippen molar-refractivity contribution in [2.75, 3.05) is 20.1 Å². The molecule has 1 amide bonds. The van der Waals surface area contributed by atoms with Gasteiger partial charge in [-0.25, -0.2) is 9.78 Å². The minimum atomic E-state index is -0.500. The van der Waals surface area contributed by atoms with Gasteiger partial charge in [0.15, 0.2) is 5.96 Å². The van der Waals surface area contributed by atoms with Crippen molar-refractivity contribution in [3.63, 3.8) is 0 Å². The molecule has 2 aromatic rings. The predicted molar refractivity (Wildman–Crippen MR) is 115 cm³/mol. The molecule has 1 aromatic heterocycles. The van der Waals surface area contributed by atoms with E-state index in [0.29, 0.717) is 25.6 Å². The van der Waals surface area contributed by atoms with E-state index < -0.39 is 11.7 Å². The van der Waals surface area contributed by atoms with Gasteiger partial charge in [0.05, 0.1) is 12.2 Å². The normalized spacial score (nSPS) is 11.8. The first-order valence-electron chi connectivity index (χ1n) is 9.21. The Bertz CT molecular complexity index is 797. The van der Waals surface area contributed by atoms with Crippen LogP contribution in [0, 0.1) is 6.92 Å². The minimum absolute atomic E-state index is 0.425. The number of aryl methyl sites for hydroxylation is 1. The second kappa shape index (κ2) is 10.1. The van der Waals surface area contributed by atoms with Crippen LogP contribution in [0.3, 0.4) is 0 Å². The number of aliphatic imine (C=N–C) groups is 1. The third kappa shape index (κ3) is 7.19. The zero-order chi connectivity index (χ0) is 20.6. The number of alkyl carbamates (subject to hydrolysis) is 1. The zero-order valence-corrected chi connectivity index (χ0v) is 17.9. The van der Waals surface area contributed by atoms with Crippen LogP contribution in [0.25, 0.3) is 10.6 Å². The number of aromatic nitrogens is 1. The number of amides is 1. The third-order valence-electron chi connectivity index (χ3n) is 3.64. The van der Waals surface area contributed by atoms with Crippen molar-refractivity contribution in [1.29, 1.82) is 0 Å². The molecule has 0 aliphatic heterocycles. The van der Waals surface area contributed by atoms with Gasteiger partial charge in [-0.15, -0.1) is 11.3 Å². The van der Waals surface area contributed by atoms with Crippen LogP contribution in [0.2, 0.25) is 0 Å². The van der Waals surface area contributed by atoms with Crippen LogP contribution < -0.4 is 16.0 Å². The molecule has 1 heterocycles. The van der Waals surface area contributed by atoms with Crippen LogP contribution in [0.15, 0.2) is 35.3 Å². The molecule has 152 valence electrons. The van der Waals surface area contributed by atoms with Gasteiger partial charge in [0, 0.05) is 30.6 Å². The summed E-state index contributed by atoms with van der Waals surface area (Å²) in [7, 11) is 1.71. The van der Waals surface area contributed by atoms with Gasteiger partial charge in [-0.2, -0.15) is 0 Å². The summed E-state index contributed by atoms with van der Waals surface area (Å²) in [4.78, 5) is 21.7. The average Bonchev–Trinajstić information content (AvgIpc) is 3.01. The molecule has 0 bridgehead atoms. The Hall–Kier alpha value is -2.61. The number of guanidine groups is 1. The summed E-state index contributed by atoms with van der Waals surface area (Å²) < 4.78 is 5.20. The maximum atomic E-state index is 11.6. The summed E-state index contributed by atoms with van der Waals surface area (Å²) in [5, 5.41) is 10.2. The van der Waals surface area contributed by atoms with Gasteiger partial charge in [0.25, 0.3) is 0 Å². The molecule has 8 heteroatoms. The fraction of sp³-hybridized carbons (Fsp3) is 0.450. The largest absolute Gasteiger partial charge is 0.444 e. The third-order valence-corrected chi connectivity index (χ3v) is 4.85. The highest BCUT2D eigenvalue weighted by Crippen LogP contribution is 2.27. The van der Waals surface area contributed by atoms with E-state index in [9.17, 15) is 4.79 Å². The maximum absolute atomic E-state index is 11.6. The number of hydrogen-bond donors (Lipinski definition) is 3. The highest BCUT2D eigenvalue weighted by molar-refractivity contribution is 7.15. The highest BCUT2D eigenvalue weighted by Gasteiger charge is 2.15. The number of carbonyl (C=O) groups is 1. The van der Waals surface area contributed by atoms with Crippen LogP contribution in [-0.4, -0.2) is 42.8 Å². The van der Waals surface area contributed by atoms with E-state index >= 15 is 0 Å². The number of rotatable bonds is 6. The molecule has 0 saturated heterocycles. The maximum Gasteiger partial charge on any atom is 0.407 e. The van der Waals surface area contributed by atoms with Crippen molar-refractivity contribution in [3.05, 3.63) is 40.9 Å². The van der Waals surface area contributed by atoms with Crippen molar-refractivity contribution < 1.29 is 9.53 Å². The van der Waals surface area contributed by atoms with Gasteiger partial charge in [0.2, 0.25) is 0 Å². The van der Waals surface area contributed by atoms with E-state index in [1.165, 1.54) is 0 Å². The molecule has 7 nitrogen and oxygen atoms in total. The summed E-state index contributed by atoms with van der Waals surface area (Å²) in [5.41, 5.74) is 1.64. The summed E-state index contributed by atoms with van der Waals surface area (Å²) >= 11 is 1.67. The van der Waals surface area contributed by atoms with Gasteiger partial charge in [-0.05, 0) is 27.7 Å². The number of benzene rings is 1. The van der Waals surface area contributed by atoms with E-state index in [1.54, 1.807) is 18.4 Å². The lowest BCUT2D eigenvalue weighted by Gasteiger charge is -2.19. The molecule has 0 spiro atoms. The Labute approximate surface area is 170 Å². The van der Waals surface area contributed by atoms with Crippen molar-refractivity contribution in [2.45, 2.75) is 39.8 Å². The van der Waals surface area contributed by atoms with E-state index in [1.807, 2.05) is 45.9 Å². The fourth-order valence-corrected chi connectivity index (χ4v) is 3.35. The van der Waals surface area contributed by atoms with Crippen molar-refractivity contribution in [1.82, 2.24) is 20.9 Å². The zero-order valence-electron chi connectivity index (χ0n) is 17.1. The number of hydrogen-bond acceptors (Lipinski definition) is 5. The Morgan fingerprint density at radius 3 is 2.46 bits per heavy atom. The molecular weight excluding hydrogens is 374 g/mol. The van der Waals surface area contributed by atoms with Gasteiger partial charge in [0.1, 0.15) is 10.6 Å². The van der Waals surface area contributed by atoms with E-state index in [2.05, 4.69) is 38.1 Å². The Balaban J connectivity index is 1.78. The molecule has 3 N–H and O–H groups in total. The number of carbonyl (C=O) groups excluding carboxylic acids is 1. The van der Waals surface area contributed by atoms with Crippen molar-refractivity contribution >= 4 is 23.4 Å². The number of nitrogens with one attached hydrogen (secondary N) is 3. The van der Waals surface area contributed by atoms with E-state index in [-0.39, 0.29) is 0 Å². The summed E-state index contributed by atoms with van der Waals surface area (Å²) in [6.07, 6.45) is -0.425. The lowest BCUT2D eigenvalue weighted by molar-refractivity contribution is 0.0529. The molecule has 0 unspecified atom stereocenters. The van der Waals surface area contributed by atoms with Crippen LogP contribution >= 0.6 is 11.3 Å². The molecule has 1 aromatic carbocycles. The van der Waals surface area contributed by atoms with Gasteiger partial charge >= 0.3 is 6.09 Å². The first-order chi connectivity index (χ1) is 13.3. The molecule has 0 fully saturated rings. The lowest BCUT2D eigenvalue weighted by Crippen LogP contribution is -2.42. The Kier molecular flexibility index (Phi) is 7.80. The molecule has 0 aliphatic rings. The second-order valence-corrected chi connectivity index (χ2v) is 8.26. The smallest absolute Gasteiger partial charge is 0.407 e. The Morgan fingerprint density at radius 1 is 1.14 bits per heavy atom. The average molecular weight is 404 g/mol. The molecular formula is C20H29N5O2S. The number of nitrogens with zero attached hydrogens (tertiary/aromatic N) is 2. The lowest BCUT2D eigenvalue weighted by atomic mass is 10.2. The van der Waals surface area contributed by atoms with Crippen molar-refractivity contribution in [2.24, 2.45) is 4.99 Å². The van der Waals surface area contributed by atoms with Gasteiger partial charge in [-0.1, -0.05) is 30.3 Å². The predicted octanol–water partition coefficient (Wildman–Crippen LogP) is 3.31. The molecule has 2 rings (SSSR count).